The Morgan fingerprint density at radius 1 is 0.852 bits per heavy atom. The number of aliphatic hydroxyl groups is 2. The van der Waals surface area contributed by atoms with E-state index in [1.165, 1.54) is 25.7 Å². The van der Waals surface area contributed by atoms with E-state index >= 15 is 0 Å². The lowest BCUT2D eigenvalue weighted by Gasteiger charge is -2.31. The van der Waals surface area contributed by atoms with Crippen molar-refractivity contribution in [1.29, 1.82) is 0 Å². The molecule has 0 fully saturated rings. The molecule has 1 aromatic carbocycles. The number of ketones is 1. The van der Waals surface area contributed by atoms with Crippen LogP contribution in [0.3, 0.4) is 0 Å². The van der Waals surface area contributed by atoms with E-state index in [0.717, 1.165) is 18.8 Å². The van der Waals surface area contributed by atoms with Crippen molar-refractivity contribution >= 4 is 5.78 Å². The highest BCUT2D eigenvalue weighted by Crippen LogP contribution is 2.19. The molecule has 1 rings (SSSR count). The van der Waals surface area contributed by atoms with Crippen molar-refractivity contribution in [2.24, 2.45) is 0 Å². The zero-order chi connectivity index (χ0) is 21.3. The Labute approximate surface area is 167 Å². The summed E-state index contributed by atoms with van der Waals surface area (Å²) in [6.07, 6.45) is 5.50. The minimum Gasteiger partial charge on any atom is -0.387 e. The van der Waals surface area contributed by atoms with E-state index < -0.39 is 11.2 Å². The zero-order valence-electron chi connectivity index (χ0n) is 18.5. The highest BCUT2D eigenvalue weighted by Gasteiger charge is 2.31. The van der Waals surface area contributed by atoms with Crippen LogP contribution in [0.4, 0.5) is 0 Å². The van der Waals surface area contributed by atoms with Gasteiger partial charge in [-0.2, -0.15) is 0 Å². The first-order chi connectivity index (χ1) is 12.5. The molecule has 0 spiro atoms. The second-order valence-electron chi connectivity index (χ2n) is 7.58. The van der Waals surface area contributed by atoms with Gasteiger partial charge in [0.15, 0.2) is 5.78 Å². The monoisotopic (exact) mass is 382 g/mol. The van der Waals surface area contributed by atoms with Gasteiger partial charge in [0.05, 0.1) is 11.2 Å². The maximum absolute atomic E-state index is 11.0. The second-order valence-corrected chi connectivity index (χ2v) is 7.58. The van der Waals surface area contributed by atoms with Crippen LogP contribution >= 0.6 is 0 Å². The normalized spacial score (nSPS) is 11.0. The molecule has 158 valence electrons. The summed E-state index contributed by atoms with van der Waals surface area (Å²) in [5.74, 6) is 0.209. The number of ether oxygens (including phenoxy) is 1. The molecule has 27 heavy (non-hydrogen) atoms. The molecule has 0 amide bonds. The van der Waals surface area contributed by atoms with Crippen LogP contribution in [0.15, 0.2) is 30.3 Å². The predicted molar refractivity (Wildman–Crippen MR) is 114 cm³/mol. The fraction of sp³-hybridized carbons (Fsp3) is 0.696. The first-order valence-corrected chi connectivity index (χ1v) is 10.1. The Hall–Kier alpha value is -1.23. The average Bonchev–Trinajstić information content (AvgIpc) is 2.61. The molecule has 0 saturated carbocycles. The van der Waals surface area contributed by atoms with Crippen molar-refractivity contribution in [3.8, 4) is 0 Å². The first-order valence-electron chi connectivity index (χ1n) is 10.1. The van der Waals surface area contributed by atoms with Gasteiger partial charge in [0.1, 0.15) is 0 Å². The van der Waals surface area contributed by atoms with E-state index in [1.54, 1.807) is 27.7 Å². The highest BCUT2D eigenvalue weighted by molar-refractivity contribution is 5.95. The van der Waals surface area contributed by atoms with Gasteiger partial charge in [0.25, 0.3) is 0 Å². The Balaban J connectivity index is 0. The number of benzene rings is 1. The number of carbonyl (C=O) groups excluding carboxylic acids is 1. The lowest BCUT2D eigenvalue weighted by Crippen LogP contribution is -2.44. The quantitative estimate of drug-likeness (QED) is 0.442. The van der Waals surface area contributed by atoms with E-state index in [1.807, 2.05) is 37.3 Å². The summed E-state index contributed by atoms with van der Waals surface area (Å²) < 4.78 is 5.31. The maximum atomic E-state index is 11.0. The third-order valence-electron chi connectivity index (χ3n) is 4.20. The van der Waals surface area contributed by atoms with E-state index in [4.69, 9.17) is 14.9 Å². The minimum absolute atomic E-state index is 0.209. The zero-order valence-corrected chi connectivity index (χ0v) is 18.5. The Bertz CT molecular complexity index is 438. The van der Waals surface area contributed by atoms with Crippen LogP contribution in [0.5, 0.6) is 0 Å². The Morgan fingerprint density at radius 2 is 1.26 bits per heavy atom. The molecule has 0 unspecified atom stereocenters. The number of rotatable bonds is 9. The van der Waals surface area contributed by atoms with Crippen molar-refractivity contribution in [2.45, 2.75) is 91.8 Å². The first kappa shape index (κ1) is 28.0. The van der Waals surface area contributed by atoms with Gasteiger partial charge in [0, 0.05) is 25.2 Å². The lowest BCUT2D eigenvalue weighted by atomic mass is 9.90. The topological polar surface area (TPSA) is 66.8 Å². The van der Waals surface area contributed by atoms with Gasteiger partial charge in [-0.1, -0.05) is 63.9 Å². The van der Waals surface area contributed by atoms with Crippen molar-refractivity contribution in [3.63, 3.8) is 0 Å². The SMILES string of the molecule is CC(C)(O)C(C)(C)O.CCC(=O)c1ccccc1.CCCCOCCCC. The van der Waals surface area contributed by atoms with E-state index in [-0.39, 0.29) is 5.78 Å². The number of Topliss-reactive ketones (excluding diaryl/α,β-unsaturated/α-hetero) is 1. The van der Waals surface area contributed by atoms with Crippen LogP contribution in [0.1, 0.15) is 90.9 Å². The summed E-state index contributed by atoms with van der Waals surface area (Å²) in [7, 11) is 0. The summed E-state index contributed by atoms with van der Waals surface area (Å²) in [6.45, 7) is 14.5. The van der Waals surface area contributed by atoms with Crippen LogP contribution in [-0.4, -0.2) is 40.4 Å². The molecule has 0 aromatic heterocycles. The van der Waals surface area contributed by atoms with Crippen LogP contribution < -0.4 is 0 Å². The maximum Gasteiger partial charge on any atom is 0.162 e. The molecule has 0 bridgehead atoms. The van der Waals surface area contributed by atoms with Crippen LogP contribution in [0.25, 0.3) is 0 Å². The van der Waals surface area contributed by atoms with Gasteiger partial charge in [-0.25, -0.2) is 0 Å². The Kier molecular flexibility index (Phi) is 16.4. The van der Waals surface area contributed by atoms with Crippen molar-refractivity contribution in [2.75, 3.05) is 13.2 Å². The van der Waals surface area contributed by atoms with E-state index in [0.29, 0.717) is 6.42 Å². The van der Waals surface area contributed by atoms with Gasteiger partial charge in [-0.3, -0.25) is 4.79 Å². The molecule has 0 radical (unpaired) electrons. The molecule has 0 heterocycles. The largest absolute Gasteiger partial charge is 0.387 e. The highest BCUT2D eigenvalue weighted by atomic mass is 16.5. The molecule has 0 saturated heterocycles. The minimum atomic E-state index is -1.01. The third-order valence-corrected chi connectivity index (χ3v) is 4.20. The van der Waals surface area contributed by atoms with Crippen LogP contribution in [-0.2, 0) is 4.74 Å². The molecular formula is C23H42O4. The molecule has 1 aromatic rings. The fourth-order valence-corrected chi connectivity index (χ4v) is 1.42. The number of unbranched alkanes of at least 4 members (excludes halogenated alkanes) is 2. The summed E-state index contributed by atoms with van der Waals surface area (Å²) in [5, 5.41) is 18.2. The summed E-state index contributed by atoms with van der Waals surface area (Å²) in [4.78, 5) is 11.0. The molecular weight excluding hydrogens is 340 g/mol. The van der Waals surface area contributed by atoms with Crippen molar-refractivity contribution in [1.82, 2.24) is 0 Å². The molecule has 4 heteroatoms. The summed E-state index contributed by atoms with van der Waals surface area (Å²) in [5.41, 5.74) is -1.20. The molecule has 4 nitrogen and oxygen atoms in total. The van der Waals surface area contributed by atoms with E-state index in [2.05, 4.69) is 13.8 Å². The number of hydrogen-bond donors (Lipinski definition) is 2. The van der Waals surface area contributed by atoms with Gasteiger partial charge < -0.3 is 14.9 Å². The van der Waals surface area contributed by atoms with Gasteiger partial charge in [-0.05, 0) is 40.5 Å². The second kappa shape index (κ2) is 15.8. The summed E-state index contributed by atoms with van der Waals surface area (Å²) >= 11 is 0. The summed E-state index contributed by atoms with van der Waals surface area (Å²) in [6, 6.07) is 9.34. The molecule has 0 aliphatic carbocycles. The van der Waals surface area contributed by atoms with Crippen molar-refractivity contribution < 1.29 is 19.7 Å². The Morgan fingerprint density at radius 3 is 1.56 bits per heavy atom. The third kappa shape index (κ3) is 16.7. The lowest BCUT2D eigenvalue weighted by molar-refractivity contribution is -0.107. The number of hydrogen-bond acceptors (Lipinski definition) is 4. The van der Waals surface area contributed by atoms with E-state index in [9.17, 15) is 4.79 Å². The predicted octanol–water partition coefficient (Wildman–Crippen LogP) is 5.41. The van der Waals surface area contributed by atoms with Crippen LogP contribution in [0.2, 0.25) is 0 Å². The standard InChI is InChI=1S/C9H10O.C8H18O.C6H14O2/c1-2-9(10)8-6-4-3-5-7-8;1-3-5-7-9-8-6-4-2;1-5(2,7)6(3,4)8/h3-7H,2H2,1H3;3-8H2,1-2H3;7-8H,1-4H3. The van der Waals surface area contributed by atoms with Crippen molar-refractivity contribution in [3.05, 3.63) is 35.9 Å². The molecule has 0 aliphatic rings. The number of carbonyl (C=O) groups is 1. The smallest absolute Gasteiger partial charge is 0.162 e. The fourth-order valence-electron chi connectivity index (χ4n) is 1.42. The molecule has 0 aliphatic heterocycles. The molecule has 2 N–H and O–H groups in total. The van der Waals surface area contributed by atoms with Gasteiger partial charge in [0.2, 0.25) is 0 Å². The van der Waals surface area contributed by atoms with Crippen LogP contribution in [0, 0.1) is 0 Å². The average molecular weight is 383 g/mol. The van der Waals surface area contributed by atoms with Gasteiger partial charge in [-0.15, -0.1) is 0 Å². The molecule has 0 atom stereocenters. The van der Waals surface area contributed by atoms with Gasteiger partial charge >= 0.3 is 0 Å².